The van der Waals surface area contributed by atoms with Crippen LogP contribution in [0.1, 0.15) is 37.4 Å². The molecule has 21 heavy (non-hydrogen) atoms. The van der Waals surface area contributed by atoms with Crippen molar-refractivity contribution in [3.63, 3.8) is 0 Å². The highest BCUT2D eigenvalue weighted by Crippen LogP contribution is 2.20. The van der Waals surface area contributed by atoms with Crippen molar-refractivity contribution in [3.05, 3.63) is 34.1 Å². The zero-order valence-electron chi connectivity index (χ0n) is 13.1. The first-order valence-corrected chi connectivity index (χ1v) is 7.94. The molecule has 2 aromatic heterocycles. The molecule has 0 saturated carbocycles. The Kier molecular flexibility index (Phi) is 5.50. The minimum atomic E-state index is -0.115. The summed E-state index contributed by atoms with van der Waals surface area (Å²) in [6.07, 6.45) is 0. The van der Waals surface area contributed by atoms with Crippen LogP contribution in [0.15, 0.2) is 22.0 Å². The van der Waals surface area contributed by atoms with Gasteiger partial charge < -0.3 is 9.26 Å². The summed E-state index contributed by atoms with van der Waals surface area (Å²) >= 11 is 1.76. The van der Waals surface area contributed by atoms with Crippen molar-refractivity contribution in [1.29, 1.82) is 0 Å². The van der Waals surface area contributed by atoms with Gasteiger partial charge >= 0.3 is 0 Å². The van der Waals surface area contributed by atoms with Crippen molar-refractivity contribution in [2.45, 2.75) is 39.3 Å². The Morgan fingerprint density at radius 1 is 1.33 bits per heavy atom. The lowest BCUT2D eigenvalue weighted by Gasteiger charge is -2.19. The Morgan fingerprint density at radius 2 is 2.14 bits per heavy atom. The summed E-state index contributed by atoms with van der Waals surface area (Å²) < 4.78 is 10.5. The fraction of sp³-hybridized carbons (Fsp3) is 0.600. The average molecular weight is 309 g/mol. The van der Waals surface area contributed by atoms with E-state index in [1.807, 2.05) is 0 Å². The van der Waals surface area contributed by atoms with Gasteiger partial charge in [0.2, 0.25) is 5.89 Å². The number of aromatic nitrogens is 2. The molecule has 0 atom stereocenters. The van der Waals surface area contributed by atoms with Crippen LogP contribution in [0.2, 0.25) is 0 Å². The van der Waals surface area contributed by atoms with E-state index in [0.717, 1.165) is 18.9 Å². The van der Waals surface area contributed by atoms with Gasteiger partial charge in [-0.3, -0.25) is 4.90 Å². The number of rotatable bonds is 7. The van der Waals surface area contributed by atoms with Gasteiger partial charge in [0.05, 0.1) is 13.2 Å². The van der Waals surface area contributed by atoms with E-state index >= 15 is 0 Å². The summed E-state index contributed by atoms with van der Waals surface area (Å²) in [5.74, 6) is 1.41. The third-order valence-electron chi connectivity index (χ3n) is 3.05. The molecule has 2 aromatic rings. The predicted molar refractivity (Wildman–Crippen MR) is 83.3 cm³/mol. The van der Waals surface area contributed by atoms with Crippen LogP contribution in [0.25, 0.3) is 0 Å². The van der Waals surface area contributed by atoms with Crippen molar-refractivity contribution in [2.75, 3.05) is 20.3 Å². The lowest BCUT2D eigenvalue weighted by molar-refractivity contribution is 0.138. The number of hydrogen-bond donors (Lipinski definition) is 0. The predicted octanol–water partition coefficient (Wildman–Crippen LogP) is 3.08. The number of thiophene rings is 1. The Bertz CT molecular complexity index is 531. The summed E-state index contributed by atoms with van der Waals surface area (Å²) in [7, 11) is 1.72. The van der Waals surface area contributed by atoms with Crippen molar-refractivity contribution in [2.24, 2.45) is 0 Å². The van der Waals surface area contributed by atoms with Gasteiger partial charge in [0.25, 0.3) is 0 Å². The van der Waals surface area contributed by atoms with E-state index in [2.05, 4.69) is 53.3 Å². The highest BCUT2D eigenvalue weighted by Gasteiger charge is 2.22. The number of nitrogens with zero attached hydrogens (tertiary/aromatic N) is 3. The van der Waals surface area contributed by atoms with Gasteiger partial charge in [-0.05, 0) is 11.4 Å². The maximum Gasteiger partial charge on any atom is 0.232 e. The molecule has 0 fully saturated rings. The second kappa shape index (κ2) is 7.15. The molecule has 116 valence electrons. The summed E-state index contributed by atoms with van der Waals surface area (Å²) in [6, 6.07) is 4.21. The van der Waals surface area contributed by atoms with Crippen LogP contribution in [-0.4, -0.2) is 35.3 Å². The van der Waals surface area contributed by atoms with Gasteiger partial charge in [-0.25, -0.2) is 0 Å². The minimum Gasteiger partial charge on any atom is -0.383 e. The molecule has 6 heteroatoms. The third-order valence-corrected chi connectivity index (χ3v) is 3.91. The molecule has 0 bridgehead atoms. The molecular formula is C15H23N3O2S. The molecular weight excluding hydrogens is 286 g/mol. The third kappa shape index (κ3) is 4.91. The van der Waals surface area contributed by atoms with Gasteiger partial charge in [-0.1, -0.05) is 32.0 Å². The monoisotopic (exact) mass is 309 g/mol. The Balaban J connectivity index is 2.02. The van der Waals surface area contributed by atoms with Crippen LogP contribution in [0.4, 0.5) is 0 Å². The molecule has 0 aromatic carbocycles. The van der Waals surface area contributed by atoms with E-state index in [1.54, 1.807) is 18.4 Å². The maximum atomic E-state index is 5.35. The molecule has 0 aliphatic rings. The second-order valence-corrected chi connectivity index (χ2v) is 7.08. The molecule has 0 aliphatic carbocycles. The van der Waals surface area contributed by atoms with Crippen molar-refractivity contribution >= 4 is 11.3 Å². The van der Waals surface area contributed by atoms with Gasteiger partial charge in [-0.15, -0.1) is 11.3 Å². The van der Waals surface area contributed by atoms with Crippen LogP contribution in [-0.2, 0) is 23.2 Å². The van der Waals surface area contributed by atoms with Crippen LogP contribution in [0, 0.1) is 0 Å². The quantitative estimate of drug-likeness (QED) is 0.786. The minimum absolute atomic E-state index is 0.115. The van der Waals surface area contributed by atoms with Gasteiger partial charge in [0, 0.05) is 30.5 Å². The van der Waals surface area contributed by atoms with Crippen LogP contribution in [0.5, 0.6) is 0 Å². The van der Waals surface area contributed by atoms with E-state index < -0.39 is 0 Å². The van der Waals surface area contributed by atoms with Crippen LogP contribution < -0.4 is 0 Å². The number of ether oxygens (including phenoxy) is 1. The SMILES string of the molecule is COCCN(Cc1noc(C(C)(C)C)n1)Cc1cccs1. The van der Waals surface area contributed by atoms with Gasteiger partial charge in [0.1, 0.15) is 0 Å². The van der Waals surface area contributed by atoms with E-state index in [1.165, 1.54) is 4.88 Å². The molecule has 0 spiro atoms. The van der Waals surface area contributed by atoms with Crippen LogP contribution >= 0.6 is 11.3 Å². The number of hydrogen-bond acceptors (Lipinski definition) is 6. The highest BCUT2D eigenvalue weighted by atomic mass is 32.1. The fourth-order valence-corrected chi connectivity index (χ4v) is 2.63. The van der Waals surface area contributed by atoms with Crippen molar-refractivity contribution in [3.8, 4) is 0 Å². The summed E-state index contributed by atoms with van der Waals surface area (Å²) in [5, 5.41) is 6.19. The molecule has 0 unspecified atom stereocenters. The summed E-state index contributed by atoms with van der Waals surface area (Å²) in [5.41, 5.74) is -0.115. The Labute approximate surface area is 129 Å². The fourth-order valence-electron chi connectivity index (χ4n) is 1.88. The molecule has 2 rings (SSSR count). The van der Waals surface area contributed by atoms with Gasteiger partial charge in [0.15, 0.2) is 5.82 Å². The van der Waals surface area contributed by atoms with Crippen LogP contribution in [0.3, 0.4) is 0 Å². The lowest BCUT2D eigenvalue weighted by Crippen LogP contribution is -2.27. The topological polar surface area (TPSA) is 51.4 Å². The first-order chi connectivity index (χ1) is 9.99. The second-order valence-electron chi connectivity index (χ2n) is 6.05. The first-order valence-electron chi connectivity index (χ1n) is 7.06. The Morgan fingerprint density at radius 3 is 2.71 bits per heavy atom. The molecule has 0 N–H and O–H groups in total. The zero-order valence-corrected chi connectivity index (χ0v) is 13.9. The Hall–Kier alpha value is -1.24. The molecule has 2 heterocycles. The smallest absolute Gasteiger partial charge is 0.232 e. The first kappa shape index (κ1) is 16.1. The van der Waals surface area contributed by atoms with Crippen molar-refractivity contribution < 1.29 is 9.26 Å². The van der Waals surface area contributed by atoms with E-state index in [-0.39, 0.29) is 5.41 Å². The average Bonchev–Trinajstić information content (AvgIpc) is 3.06. The molecule has 5 nitrogen and oxygen atoms in total. The molecule has 0 saturated heterocycles. The van der Waals surface area contributed by atoms with E-state index in [4.69, 9.17) is 9.26 Å². The zero-order chi connectivity index (χ0) is 15.3. The largest absolute Gasteiger partial charge is 0.383 e. The van der Waals surface area contributed by atoms with E-state index in [9.17, 15) is 0 Å². The van der Waals surface area contributed by atoms with Gasteiger partial charge in [-0.2, -0.15) is 4.98 Å². The van der Waals surface area contributed by atoms with Crippen molar-refractivity contribution in [1.82, 2.24) is 15.0 Å². The summed E-state index contributed by atoms with van der Waals surface area (Å²) in [4.78, 5) is 8.10. The van der Waals surface area contributed by atoms with E-state index in [0.29, 0.717) is 19.0 Å². The number of methoxy groups -OCH3 is 1. The normalized spacial score (nSPS) is 12.2. The standard InChI is InChI=1S/C15H23N3O2S/c1-15(2,3)14-16-13(17-20-14)11-18(7-8-19-4)10-12-6-5-9-21-12/h5-6,9H,7-8,10-11H2,1-4H3. The lowest BCUT2D eigenvalue weighted by atomic mass is 9.97. The maximum absolute atomic E-state index is 5.35. The molecule has 0 radical (unpaired) electrons. The molecule has 0 amide bonds. The highest BCUT2D eigenvalue weighted by molar-refractivity contribution is 7.09. The molecule has 0 aliphatic heterocycles. The summed E-state index contributed by atoms with van der Waals surface area (Å²) in [6.45, 7) is 9.28.